The average molecular weight is 436 g/mol. The van der Waals surface area contributed by atoms with Gasteiger partial charge >= 0.3 is 0 Å². The summed E-state index contributed by atoms with van der Waals surface area (Å²) < 4.78 is 0. The van der Waals surface area contributed by atoms with Crippen LogP contribution in [0.15, 0.2) is 121 Å². The van der Waals surface area contributed by atoms with Crippen LogP contribution < -0.4 is 5.73 Å². The van der Waals surface area contributed by atoms with E-state index in [2.05, 4.69) is 93.8 Å². The Morgan fingerprint density at radius 2 is 1.55 bits per heavy atom. The first-order valence-corrected chi connectivity index (χ1v) is 11.6. The van der Waals surface area contributed by atoms with Crippen molar-refractivity contribution in [1.29, 1.82) is 0 Å². The number of rotatable bonds is 6. The maximum Gasteiger partial charge on any atom is 0.0643 e. The predicted molar refractivity (Wildman–Crippen MR) is 149 cm³/mol. The van der Waals surface area contributed by atoms with E-state index in [1.807, 2.05) is 51.1 Å². The summed E-state index contributed by atoms with van der Waals surface area (Å²) in [5.74, 6) is 0. The van der Waals surface area contributed by atoms with E-state index in [1.54, 1.807) is 0 Å². The smallest absolute Gasteiger partial charge is 0.0643 e. The number of fused-ring (bicyclic) bond motifs is 1. The van der Waals surface area contributed by atoms with Gasteiger partial charge < -0.3 is 5.73 Å². The first kappa shape index (κ1) is 25.7. The molecule has 0 aliphatic heterocycles. The van der Waals surface area contributed by atoms with Crippen molar-refractivity contribution in [2.45, 2.75) is 40.0 Å². The molecule has 0 saturated heterocycles. The molecule has 0 saturated carbocycles. The summed E-state index contributed by atoms with van der Waals surface area (Å²) in [6, 6.07) is 16.7. The minimum Gasteiger partial charge on any atom is -0.398 e. The summed E-state index contributed by atoms with van der Waals surface area (Å²) >= 11 is 0. The van der Waals surface area contributed by atoms with E-state index in [-0.39, 0.29) is 0 Å². The Kier molecular flexibility index (Phi) is 9.24. The SMILES string of the molecule is C=C/C=C(\C=C/C)C1(/C(C=C)=C/C)C=C(c2ccccc2N)C=C(C)c2ccccc21.CC. The Morgan fingerprint density at radius 3 is 2.12 bits per heavy atom. The highest BCUT2D eigenvalue weighted by Crippen LogP contribution is 2.49. The lowest BCUT2D eigenvalue weighted by Crippen LogP contribution is -2.29. The first-order chi connectivity index (χ1) is 16.0. The molecule has 170 valence electrons. The second-order valence-electron chi connectivity index (χ2n) is 7.67. The molecule has 1 unspecified atom stereocenters. The number of nitrogens with two attached hydrogens (primary N) is 1. The molecule has 1 heteroatoms. The number of hydrogen-bond donors (Lipinski definition) is 1. The number of benzene rings is 2. The van der Waals surface area contributed by atoms with E-state index in [1.165, 1.54) is 16.7 Å². The minimum absolute atomic E-state index is 0.542. The lowest BCUT2D eigenvalue weighted by Gasteiger charge is -2.36. The lowest BCUT2D eigenvalue weighted by molar-refractivity contribution is 0.774. The van der Waals surface area contributed by atoms with Gasteiger partial charge in [0, 0.05) is 11.3 Å². The number of allylic oxidation sites excluding steroid dienone is 12. The summed E-state index contributed by atoms with van der Waals surface area (Å²) in [4.78, 5) is 0. The van der Waals surface area contributed by atoms with Crippen molar-refractivity contribution in [3.63, 3.8) is 0 Å². The summed E-state index contributed by atoms with van der Waals surface area (Å²) in [5.41, 5.74) is 14.6. The third-order valence-electron chi connectivity index (χ3n) is 5.88. The predicted octanol–water partition coefficient (Wildman–Crippen LogP) is 8.85. The third kappa shape index (κ3) is 4.93. The fourth-order valence-corrected chi connectivity index (χ4v) is 4.53. The molecule has 0 aromatic heterocycles. The average Bonchev–Trinajstić information content (AvgIpc) is 2.97. The van der Waals surface area contributed by atoms with E-state index in [0.29, 0.717) is 0 Å². The number of para-hydroxylation sites is 1. The fraction of sp³-hybridized carbons (Fsp3) is 0.188. The normalized spacial score (nSPS) is 18.3. The highest BCUT2D eigenvalue weighted by Gasteiger charge is 2.39. The summed E-state index contributed by atoms with van der Waals surface area (Å²) in [5, 5.41) is 0. The van der Waals surface area contributed by atoms with Crippen LogP contribution in [0.25, 0.3) is 11.1 Å². The molecule has 0 bridgehead atoms. The van der Waals surface area contributed by atoms with Crippen molar-refractivity contribution in [3.05, 3.63) is 138 Å². The second-order valence-corrected chi connectivity index (χ2v) is 7.67. The van der Waals surface area contributed by atoms with Crippen molar-refractivity contribution in [1.82, 2.24) is 0 Å². The monoisotopic (exact) mass is 435 g/mol. The maximum atomic E-state index is 6.43. The molecule has 2 aromatic carbocycles. The molecule has 0 heterocycles. The molecule has 2 aromatic rings. The van der Waals surface area contributed by atoms with Crippen LogP contribution in [0.1, 0.15) is 51.3 Å². The highest BCUT2D eigenvalue weighted by atomic mass is 14.6. The van der Waals surface area contributed by atoms with Crippen LogP contribution in [-0.2, 0) is 5.41 Å². The lowest BCUT2D eigenvalue weighted by atomic mass is 9.66. The Hall–Kier alpha value is -3.58. The van der Waals surface area contributed by atoms with Gasteiger partial charge in [0.2, 0.25) is 0 Å². The van der Waals surface area contributed by atoms with Gasteiger partial charge in [-0.15, -0.1) is 0 Å². The third-order valence-corrected chi connectivity index (χ3v) is 5.88. The minimum atomic E-state index is -0.542. The molecule has 1 nitrogen and oxygen atoms in total. The van der Waals surface area contributed by atoms with Crippen molar-refractivity contribution in [3.8, 4) is 0 Å². The summed E-state index contributed by atoms with van der Waals surface area (Å²) in [7, 11) is 0. The molecular formula is C32H37N. The van der Waals surface area contributed by atoms with E-state index in [4.69, 9.17) is 5.73 Å². The second kappa shape index (κ2) is 11.9. The van der Waals surface area contributed by atoms with Crippen molar-refractivity contribution >= 4 is 16.8 Å². The van der Waals surface area contributed by atoms with Crippen LogP contribution >= 0.6 is 0 Å². The van der Waals surface area contributed by atoms with Gasteiger partial charge in [0.1, 0.15) is 0 Å². The van der Waals surface area contributed by atoms with E-state index >= 15 is 0 Å². The first-order valence-electron chi connectivity index (χ1n) is 11.6. The van der Waals surface area contributed by atoms with Gasteiger partial charge in [-0.05, 0) is 60.3 Å². The van der Waals surface area contributed by atoms with Gasteiger partial charge in [0.05, 0.1) is 5.41 Å². The molecule has 3 rings (SSSR count). The van der Waals surface area contributed by atoms with Gasteiger partial charge in [-0.2, -0.15) is 0 Å². The van der Waals surface area contributed by atoms with Crippen LogP contribution in [0.3, 0.4) is 0 Å². The zero-order valence-corrected chi connectivity index (χ0v) is 20.7. The Balaban J connectivity index is 0.00000187. The standard InChI is InChI=1S/C30H31N.C2H6/c1-6-14-25(15-7-2)30(24(8-3)9-4)21-23(27-17-11-13-19-29(27)31)20-22(5)26-16-10-12-18-28(26)30;1-2/h6-21H,1,3,31H2,2,4-5H3;1-2H3/b15-7-,24-9+,25-14+;. The largest absolute Gasteiger partial charge is 0.398 e. The van der Waals surface area contributed by atoms with Gasteiger partial charge in [0.15, 0.2) is 0 Å². The van der Waals surface area contributed by atoms with Gasteiger partial charge in [-0.3, -0.25) is 0 Å². The zero-order chi connectivity index (χ0) is 24.4. The Bertz CT molecular complexity index is 1150. The molecule has 1 aliphatic carbocycles. The molecule has 0 spiro atoms. The van der Waals surface area contributed by atoms with Crippen molar-refractivity contribution in [2.75, 3.05) is 5.73 Å². The highest BCUT2D eigenvalue weighted by molar-refractivity contribution is 5.92. The van der Waals surface area contributed by atoms with Crippen molar-refractivity contribution < 1.29 is 0 Å². The van der Waals surface area contributed by atoms with Crippen molar-refractivity contribution in [2.24, 2.45) is 0 Å². The van der Waals surface area contributed by atoms with Crippen LogP contribution in [0.2, 0.25) is 0 Å². The maximum absolute atomic E-state index is 6.43. The molecule has 1 aliphatic rings. The zero-order valence-electron chi connectivity index (χ0n) is 20.7. The molecule has 0 amide bonds. The van der Waals surface area contributed by atoms with Crippen LogP contribution in [0.4, 0.5) is 5.69 Å². The van der Waals surface area contributed by atoms with Crippen LogP contribution in [-0.4, -0.2) is 0 Å². The quantitative estimate of drug-likeness (QED) is 0.356. The summed E-state index contributed by atoms with van der Waals surface area (Å²) in [6.45, 7) is 18.4. The molecule has 33 heavy (non-hydrogen) atoms. The number of anilines is 1. The molecule has 0 fully saturated rings. The van der Waals surface area contributed by atoms with Gasteiger partial charge in [-0.1, -0.05) is 118 Å². The Labute approximate surface area is 200 Å². The van der Waals surface area contributed by atoms with Crippen LogP contribution in [0.5, 0.6) is 0 Å². The fourth-order valence-electron chi connectivity index (χ4n) is 4.53. The molecule has 2 N–H and O–H groups in total. The number of hydrogen-bond acceptors (Lipinski definition) is 1. The van der Waals surface area contributed by atoms with Crippen LogP contribution in [0, 0.1) is 0 Å². The van der Waals surface area contributed by atoms with E-state index in [0.717, 1.165) is 28.0 Å². The topological polar surface area (TPSA) is 26.0 Å². The van der Waals surface area contributed by atoms with E-state index < -0.39 is 5.41 Å². The van der Waals surface area contributed by atoms with E-state index in [9.17, 15) is 0 Å². The number of nitrogen functional groups attached to an aromatic ring is 1. The van der Waals surface area contributed by atoms with Gasteiger partial charge in [0.25, 0.3) is 0 Å². The van der Waals surface area contributed by atoms with Gasteiger partial charge in [-0.25, -0.2) is 0 Å². The Morgan fingerprint density at radius 1 is 0.909 bits per heavy atom. The molecule has 1 atom stereocenters. The summed E-state index contributed by atoms with van der Waals surface area (Å²) in [6.07, 6.45) is 16.9. The molecular weight excluding hydrogens is 398 g/mol. The molecule has 0 radical (unpaired) electrons.